The number of amides is 1. The summed E-state index contributed by atoms with van der Waals surface area (Å²) >= 11 is 0. The number of carboxylic acid groups (broad SMARTS) is 1. The maximum absolute atomic E-state index is 10.4. The second kappa shape index (κ2) is 2.78. The Morgan fingerprint density at radius 3 is 3.15 bits per heavy atom. The highest BCUT2D eigenvalue weighted by Crippen LogP contribution is 2.18. The molecular formula is C8H7N3O2. The van der Waals surface area contributed by atoms with Crippen LogP contribution in [0.4, 0.5) is 10.6 Å². The highest BCUT2D eigenvalue weighted by Gasteiger charge is 2.04. The van der Waals surface area contributed by atoms with Gasteiger partial charge in [0.15, 0.2) is 0 Å². The molecule has 66 valence electrons. The average molecular weight is 177 g/mol. The highest BCUT2D eigenvalue weighted by molar-refractivity contribution is 5.96. The Morgan fingerprint density at radius 1 is 1.54 bits per heavy atom. The maximum Gasteiger partial charge on any atom is 0.410 e. The second-order valence-electron chi connectivity index (χ2n) is 2.53. The first kappa shape index (κ1) is 7.60. The van der Waals surface area contributed by atoms with Crippen LogP contribution in [0.15, 0.2) is 24.5 Å². The molecule has 0 aliphatic heterocycles. The van der Waals surface area contributed by atoms with E-state index in [1.54, 1.807) is 24.5 Å². The Bertz CT molecular complexity index is 449. The molecule has 3 N–H and O–H groups in total. The molecule has 0 aromatic carbocycles. The zero-order valence-electron chi connectivity index (χ0n) is 6.61. The third-order valence-electron chi connectivity index (χ3n) is 1.70. The molecule has 0 atom stereocenters. The molecule has 0 bridgehead atoms. The number of pyridine rings is 1. The summed E-state index contributed by atoms with van der Waals surface area (Å²) in [6.45, 7) is 0. The lowest BCUT2D eigenvalue weighted by Crippen LogP contribution is -2.08. The van der Waals surface area contributed by atoms with Crippen molar-refractivity contribution in [2.45, 2.75) is 0 Å². The van der Waals surface area contributed by atoms with Crippen molar-refractivity contribution in [3.63, 3.8) is 0 Å². The van der Waals surface area contributed by atoms with Gasteiger partial charge in [-0.3, -0.25) is 5.32 Å². The molecule has 0 radical (unpaired) electrons. The van der Waals surface area contributed by atoms with Crippen LogP contribution in [-0.2, 0) is 0 Å². The second-order valence-corrected chi connectivity index (χ2v) is 2.53. The fourth-order valence-corrected chi connectivity index (χ4v) is 1.18. The number of nitrogens with one attached hydrogen (secondary N) is 2. The number of H-pyrrole nitrogens is 1. The standard InChI is InChI=1S/C8H7N3O2/c12-8(13)11-7-5-1-3-9-6(5)2-4-10-7/h1-4,9H,(H,10,11)(H,12,13). The van der Waals surface area contributed by atoms with E-state index >= 15 is 0 Å². The minimum atomic E-state index is -1.11. The smallest absolute Gasteiger partial charge is 0.410 e. The predicted octanol–water partition coefficient (Wildman–Crippen LogP) is 1.65. The summed E-state index contributed by atoms with van der Waals surface area (Å²) in [5.74, 6) is 0.353. The van der Waals surface area contributed by atoms with Gasteiger partial charge in [0.25, 0.3) is 0 Å². The third kappa shape index (κ3) is 1.31. The maximum atomic E-state index is 10.4. The van der Waals surface area contributed by atoms with E-state index in [0.29, 0.717) is 5.82 Å². The molecule has 2 heterocycles. The number of fused-ring (bicyclic) bond motifs is 1. The lowest BCUT2D eigenvalue weighted by Gasteiger charge is -1.99. The number of hydrogen-bond donors (Lipinski definition) is 3. The zero-order valence-corrected chi connectivity index (χ0v) is 6.61. The number of anilines is 1. The van der Waals surface area contributed by atoms with E-state index in [-0.39, 0.29) is 0 Å². The SMILES string of the molecule is O=C(O)Nc1nccc2[nH]ccc12. The molecule has 5 heteroatoms. The zero-order chi connectivity index (χ0) is 9.26. The van der Waals surface area contributed by atoms with Gasteiger partial charge in [-0.2, -0.15) is 0 Å². The first-order valence-corrected chi connectivity index (χ1v) is 3.69. The van der Waals surface area contributed by atoms with Crippen LogP contribution < -0.4 is 5.32 Å². The lowest BCUT2D eigenvalue weighted by atomic mass is 10.3. The Kier molecular flexibility index (Phi) is 1.63. The van der Waals surface area contributed by atoms with E-state index in [1.807, 2.05) is 0 Å². The van der Waals surface area contributed by atoms with Crippen LogP contribution >= 0.6 is 0 Å². The fraction of sp³-hybridized carbons (Fsp3) is 0. The molecule has 0 saturated heterocycles. The summed E-state index contributed by atoms with van der Waals surface area (Å²) < 4.78 is 0. The number of aromatic nitrogens is 2. The Balaban J connectivity index is 2.54. The minimum Gasteiger partial charge on any atom is -0.465 e. The predicted molar refractivity (Wildman–Crippen MR) is 47.7 cm³/mol. The van der Waals surface area contributed by atoms with Crippen molar-refractivity contribution >= 4 is 22.8 Å². The Hall–Kier alpha value is -2.04. The quantitative estimate of drug-likeness (QED) is 0.619. The van der Waals surface area contributed by atoms with Gasteiger partial charge in [0.05, 0.1) is 5.52 Å². The molecule has 1 amide bonds. The van der Waals surface area contributed by atoms with Gasteiger partial charge in [0.2, 0.25) is 0 Å². The fourth-order valence-electron chi connectivity index (χ4n) is 1.18. The van der Waals surface area contributed by atoms with E-state index in [9.17, 15) is 4.79 Å². The van der Waals surface area contributed by atoms with Crippen molar-refractivity contribution in [2.75, 3.05) is 5.32 Å². The van der Waals surface area contributed by atoms with Gasteiger partial charge in [0.1, 0.15) is 5.82 Å². The molecule has 2 aromatic rings. The number of hydrogen-bond acceptors (Lipinski definition) is 2. The van der Waals surface area contributed by atoms with Crippen LogP contribution in [0.1, 0.15) is 0 Å². The molecule has 2 rings (SSSR count). The summed E-state index contributed by atoms with van der Waals surface area (Å²) in [6, 6.07) is 3.55. The normalized spacial score (nSPS) is 10.2. The van der Waals surface area contributed by atoms with Crippen molar-refractivity contribution < 1.29 is 9.90 Å². The lowest BCUT2D eigenvalue weighted by molar-refractivity contribution is 0.209. The summed E-state index contributed by atoms with van der Waals surface area (Å²) in [5, 5.41) is 11.5. The largest absolute Gasteiger partial charge is 0.465 e. The van der Waals surface area contributed by atoms with Crippen LogP contribution in [0, 0.1) is 0 Å². The minimum absolute atomic E-state index is 0.353. The topological polar surface area (TPSA) is 78.0 Å². The first-order valence-electron chi connectivity index (χ1n) is 3.69. The molecule has 0 fully saturated rings. The van der Waals surface area contributed by atoms with Crippen LogP contribution in [0.25, 0.3) is 10.9 Å². The van der Waals surface area contributed by atoms with Crippen molar-refractivity contribution in [3.05, 3.63) is 24.5 Å². The highest BCUT2D eigenvalue weighted by atomic mass is 16.4. The number of aromatic amines is 1. The van der Waals surface area contributed by atoms with Gasteiger partial charge in [-0.25, -0.2) is 9.78 Å². The molecule has 2 aromatic heterocycles. The number of nitrogens with zero attached hydrogens (tertiary/aromatic N) is 1. The van der Waals surface area contributed by atoms with Gasteiger partial charge in [-0.1, -0.05) is 0 Å². The van der Waals surface area contributed by atoms with Crippen LogP contribution in [0.3, 0.4) is 0 Å². The van der Waals surface area contributed by atoms with Gasteiger partial charge >= 0.3 is 6.09 Å². The third-order valence-corrected chi connectivity index (χ3v) is 1.70. The van der Waals surface area contributed by atoms with Crippen molar-refractivity contribution in [1.29, 1.82) is 0 Å². The average Bonchev–Trinajstić information content (AvgIpc) is 2.51. The van der Waals surface area contributed by atoms with Crippen LogP contribution in [0.2, 0.25) is 0 Å². The summed E-state index contributed by atoms with van der Waals surface area (Å²) in [6.07, 6.45) is 2.17. The first-order chi connectivity index (χ1) is 6.27. The molecule has 5 nitrogen and oxygen atoms in total. The van der Waals surface area contributed by atoms with Crippen molar-refractivity contribution in [3.8, 4) is 0 Å². The van der Waals surface area contributed by atoms with E-state index in [4.69, 9.17) is 5.11 Å². The van der Waals surface area contributed by atoms with Crippen LogP contribution in [-0.4, -0.2) is 21.2 Å². The van der Waals surface area contributed by atoms with E-state index in [0.717, 1.165) is 10.9 Å². The van der Waals surface area contributed by atoms with Gasteiger partial charge in [0, 0.05) is 17.8 Å². The molecule has 0 unspecified atom stereocenters. The van der Waals surface area contributed by atoms with Gasteiger partial charge < -0.3 is 10.1 Å². The van der Waals surface area contributed by atoms with E-state index in [1.165, 1.54) is 0 Å². The molecule has 0 saturated carbocycles. The Labute approximate surface area is 73.4 Å². The Morgan fingerprint density at radius 2 is 2.38 bits per heavy atom. The number of rotatable bonds is 1. The summed E-state index contributed by atoms with van der Waals surface area (Å²) in [4.78, 5) is 17.2. The molecule has 13 heavy (non-hydrogen) atoms. The van der Waals surface area contributed by atoms with Gasteiger partial charge in [-0.15, -0.1) is 0 Å². The van der Waals surface area contributed by atoms with E-state index < -0.39 is 6.09 Å². The van der Waals surface area contributed by atoms with Crippen LogP contribution in [0.5, 0.6) is 0 Å². The summed E-state index contributed by atoms with van der Waals surface area (Å²) in [5.41, 5.74) is 0.860. The molecule has 0 aliphatic carbocycles. The monoisotopic (exact) mass is 177 g/mol. The molecular weight excluding hydrogens is 170 g/mol. The van der Waals surface area contributed by atoms with E-state index in [2.05, 4.69) is 15.3 Å². The van der Waals surface area contributed by atoms with Crippen molar-refractivity contribution in [1.82, 2.24) is 9.97 Å². The molecule has 0 aliphatic rings. The molecule has 0 spiro atoms. The van der Waals surface area contributed by atoms with Gasteiger partial charge in [-0.05, 0) is 12.1 Å². The number of carbonyl (C=O) groups is 1. The summed E-state index contributed by atoms with van der Waals surface area (Å²) in [7, 11) is 0. The van der Waals surface area contributed by atoms with Crippen molar-refractivity contribution in [2.24, 2.45) is 0 Å².